The third-order valence-electron chi connectivity index (χ3n) is 2.83. The van der Waals surface area contributed by atoms with E-state index >= 15 is 0 Å². The molecule has 1 aliphatic carbocycles. The number of anilines is 1. The smallest absolute Gasteiger partial charge is 0.227 e. The van der Waals surface area contributed by atoms with Crippen molar-refractivity contribution < 1.29 is 4.79 Å². The molecule has 1 amide bonds. The van der Waals surface area contributed by atoms with Crippen LogP contribution in [-0.4, -0.2) is 5.91 Å². The zero-order chi connectivity index (χ0) is 11.0. The summed E-state index contributed by atoms with van der Waals surface area (Å²) in [5.74, 6) is 0.916. The number of carbonyl (C=O) groups excluding carboxylic acids is 1. The van der Waals surface area contributed by atoms with Gasteiger partial charge in [-0.1, -0.05) is 13.0 Å². The van der Waals surface area contributed by atoms with Gasteiger partial charge in [0, 0.05) is 10.4 Å². The Morgan fingerprint density at radius 3 is 2.73 bits per heavy atom. The van der Waals surface area contributed by atoms with Crippen LogP contribution in [0.15, 0.2) is 22.7 Å². The van der Waals surface area contributed by atoms with Crippen molar-refractivity contribution in [1.29, 1.82) is 0 Å². The molecule has 2 atom stereocenters. The van der Waals surface area contributed by atoms with Crippen molar-refractivity contribution in [3.63, 3.8) is 0 Å². The van der Waals surface area contributed by atoms with Crippen molar-refractivity contribution in [2.45, 2.75) is 20.3 Å². The Morgan fingerprint density at radius 2 is 2.20 bits per heavy atom. The number of aryl methyl sites for hydroxylation is 1. The molecule has 1 aliphatic rings. The van der Waals surface area contributed by atoms with Gasteiger partial charge in [-0.15, -0.1) is 0 Å². The molecule has 3 heteroatoms. The molecule has 1 N–H and O–H groups in total. The summed E-state index contributed by atoms with van der Waals surface area (Å²) in [6.07, 6.45) is 1.02. The molecule has 80 valence electrons. The van der Waals surface area contributed by atoms with Gasteiger partial charge in [0.2, 0.25) is 5.91 Å². The topological polar surface area (TPSA) is 29.1 Å². The molecule has 0 saturated heterocycles. The second-order valence-electron chi connectivity index (χ2n) is 4.29. The summed E-state index contributed by atoms with van der Waals surface area (Å²) >= 11 is 3.45. The highest BCUT2D eigenvalue weighted by molar-refractivity contribution is 9.10. The Bertz CT molecular complexity index is 403. The number of amides is 1. The summed E-state index contributed by atoms with van der Waals surface area (Å²) in [5.41, 5.74) is 2.05. The van der Waals surface area contributed by atoms with E-state index in [0.717, 1.165) is 16.6 Å². The van der Waals surface area contributed by atoms with Gasteiger partial charge >= 0.3 is 0 Å². The standard InChI is InChI=1S/C12H14BrNO/c1-7-3-4-11(10(13)5-7)14-12(15)9-6-8(9)2/h3-5,8-9H,6H2,1-2H3,(H,14,15)/t8-,9-/m1/s1. The van der Waals surface area contributed by atoms with Gasteiger partial charge in [0.25, 0.3) is 0 Å². The molecule has 15 heavy (non-hydrogen) atoms. The highest BCUT2D eigenvalue weighted by atomic mass is 79.9. The largest absolute Gasteiger partial charge is 0.325 e. The van der Waals surface area contributed by atoms with Crippen LogP contribution in [0.3, 0.4) is 0 Å². The van der Waals surface area contributed by atoms with Gasteiger partial charge in [-0.3, -0.25) is 4.79 Å². The molecule has 0 bridgehead atoms. The number of benzene rings is 1. The molecule has 1 aromatic rings. The molecule has 0 spiro atoms. The van der Waals surface area contributed by atoms with Gasteiger partial charge in [-0.2, -0.15) is 0 Å². The fraction of sp³-hybridized carbons (Fsp3) is 0.417. The van der Waals surface area contributed by atoms with E-state index in [1.807, 2.05) is 25.1 Å². The molecule has 1 saturated carbocycles. The quantitative estimate of drug-likeness (QED) is 0.875. The maximum atomic E-state index is 11.7. The molecule has 0 radical (unpaired) electrons. The van der Waals surface area contributed by atoms with E-state index in [4.69, 9.17) is 0 Å². The molecule has 1 aromatic carbocycles. The van der Waals surface area contributed by atoms with Crippen molar-refractivity contribution in [2.75, 3.05) is 5.32 Å². The van der Waals surface area contributed by atoms with Crippen molar-refractivity contribution in [3.8, 4) is 0 Å². The Balaban J connectivity index is 2.07. The first-order valence-corrected chi connectivity index (χ1v) is 5.94. The van der Waals surface area contributed by atoms with Crippen LogP contribution in [0.1, 0.15) is 18.9 Å². The monoisotopic (exact) mass is 267 g/mol. The lowest BCUT2D eigenvalue weighted by Crippen LogP contribution is -2.14. The van der Waals surface area contributed by atoms with E-state index in [2.05, 4.69) is 28.2 Å². The van der Waals surface area contributed by atoms with Crippen LogP contribution in [0.5, 0.6) is 0 Å². The maximum Gasteiger partial charge on any atom is 0.227 e. The molecule has 1 fully saturated rings. The van der Waals surface area contributed by atoms with Crippen LogP contribution >= 0.6 is 15.9 Å². The van der Waals surface area contributed by atoms with Crippen molar-refractivity contribution in [2.24, 2.45) is 11.8 Å². The Hall–Kier alpha value is -0.830. The summed E-state index contributed by atoms with van der Waals surface area (Å²) in [4.78, 5) is 11.7. The molecule has 0 aromatic heterocycles. The molecule has 0 heterocycles. The lowest BCUT2D eigenvalue weighted by Gasteiger charge is -2.07. The van der Waals surface area contributed by atoms with E-state index in [1.165, 1.54) is 5.56 Å². The average Bonchev–Trinajstić information content (AvgIpc) is 2.88. The number of hydrogen-bond acceptors (Lipinski definition) is 1. The zero-order valence-electron chi connectivity index (χ0n) is 8.88. The van der Waals surface area contributed by atoms with Gasteiger partial charge in [0.15, 0.2) is 0 Å². The highest BCUT2D eigenvalue weighted by Crippen LogP contribution is 2.39. The Morgan fingerprint density at radius 1 is 1.53 bits per heavy atom. The van der Waals surface area contributed by atoms with E-state index in [1.54, 1.807) is 0 Å². The van der Waals surface area contributed by atoms with Gasteiger partial charge < -0.3 is 5.32 Å². The predicted octanol–water partition coefficient (Wildman–Crippen LogP) is 3.35. The Labute approximate surface area is 98.2 Å². The fourth-order valence-electron chi connectivity index (χ4n) is 1.63. The molecule has 0 aliphatic heterocycles. The second kappa shape index (κ2) is 3.97. The van der Waals surface area contributed by atoms with Gasteiger partial charge in [-0.05, 0) is 52.9 Å². The van der Waals surface area contributed by atoms with E-state index < -0.39 is 0 Å². The number of carbonyl (C=O) groups is 1. The zero-order valence-corrected chi connectivity index (χ0v) is 10.5. The second-order valence-corrected chi connectivity index (χ2v) is 5.15. The third kappa shape index (κ3) is 2.40. The minimum absolute atomic E-state index is 0.145. The fourth-order valence-corrected chi connectivity index (χ4v) is 2.23. The number of rotatable bonds is 2. The SMILES string of the molecule is Cc1ccc(NC(=O)[C@@H]2C[C@H]2C)c(Br)c1. The van der Waals surface area contributed by atoms with Gasteiger partial charge in [-0.25, -0.2) is 0 Å². The van der Waals surface area contributed by atoms with E-state index in [9.17, 15) is 4.79 Å². The summed E-state index contributed by atoms with van der Waals surface area (Å²) in [7, 11) is 0. The first-order chi connectivity index (χ1) is 7.08. The first kappa shape index (κ1) is 10.7. The van der Waals surface area contributed by atoms with Crippen LogP contribution in [0.25, 0.3) is 0 Å². The molecular weight excluding hydrogens is 254 g/mol. The molecule has 0 unspecified atom stereocenters. The highest BCUT2D eigenvalue weighted by Gasteiger charge is 2.39. The summed E-state index contributed by atoms with van der Waals surface area (Å²) in [5, 5.41) is 2.94. The number of nitrogens with one attached hydrogen (secondary N) is 1. The maximum absolute atomic E-state index is 11.7. The average molecular weight is 268 g/mol. The van der Waals surface area contributed by atoms with Crippen LogP contribution < -0.4 is 5.32 Å². The minimum atomic E-state index is 0.145. The third-order valence-corrected chi connectivity index (χ3v) is 3.48. The van der Waals surface area contributed by atoms with Crippen molar-refractivity contribution in [3.05, 3.63) is 28.2 Å². The molecule has 2 rings (SSSR count). The predicted molar refractivity (Wildman–Crippen MR) is 64.8 cm³/mol. The van der Waals surface area contributed by atoms with Crippen LogP contribution in [0.2, 0.25) is 0 Å². The number of hydrogen-bond donors (Lipinski definition) is 1. The van der Waals surface area contributed by atoms with E-state index in [0.29, 0.717) is 5.92 Å². The van der Waals surface area contributed by atoms with Gasteiger partial charge in [0.05, 0.1) is 5.69 Å². The van der Waals surface area contributed by atoms with Crippen LogP contribution in [0.4, 0.5) is 5.69 Å². The summed E-state index contributed by atoms with van der Waals surface area (Å²) in [6.45, 7) is 4.13. The van der Waals surface area contributed by atoms with Crippen LogP contribution in [0, 0.1) is 18.8 Å². The molecule has 2 nitrogen and oxygen atoms in total. The lowest BCUT2D eigenvalue weighted by molar-refractivity contribution is -0.117. The normalized spacial score (nSPS) is 23.7. The Kier molecular flexibility index (Phi) is 2.83. The number of halogens is 1. The van der Waals surface area contributed by atoms with Crippen molar-refractivity contribution >= 4 is 27.5 Å². The van der Waals surface area contributed by atoms with Gasteiger partial charge in [0.1, 0.15) is 0 Å². The first-order valence-electron chi connectivity index (χ1n) is 5.15. The summed E-state index contributed by atoms with van der Waals surface area (Å²) < 4.78 is 0.948. The van der Waals surface area contributed by atoms with Crippen LogP contribution in [-0.2, 0) is 4.79 Å². The molecular formula is C12H14BrNO. The lowest BCUT2D eigenvalue weighted by atomic mass is 10.2. The van der Waals surface area contributed by atoms with E-state index in [-0.39, 0.29) is 11.8 Å². The minimum Gasteiger partial charge on any atom is -0.325 e. The van der Waals surface area contributed by atoms with Crippen molar-refractivity contribution in [1.82, 2.24) is 0 Å². The summed E-state index contributed by atoms with van der Waals surface area (Å²) in [6, 6.07) is 5.94.